The van der Waals surface area contributed by atoms with Crippen LogP contribution in [0.4, 0.5) is 0 Å². The van der Waals surface area contributed by atoms with Crippen molar-refractivity contribution in [3.63, 3.8) is 0 Å². The summed E-state index contributed by atoms with van der Waals surface area (Å²) in [6.45, 7) is 17.4. The molecule has 0 aromatic carbocycles. The molecule has 2 fully saturated rings. The SMILES string of the molecule is CC(C)N1CCC(CN(CCN(C)C)C2CC(OC(C)(C)C)C2)CC1. The van der Waals surface area contributed by atoms with E-state index in [1.54, 1.807) is 0 Å². The molecular formula is C21H43N3O. The van der Waals surface area contributed by atoms with Gasteiger partial charge in [0.15, 0.2) is 0 Å². The summed E-state index contributed by atoms with van der Waals surface area (Å²) < 4.78 is 6.17. The van der Waals surface area contributed by atoms with Gasteiger partial charge in [-0.25, -0.2) is 0 Å². The van der Waals surface area contributed by atoms with Gasteiger partial charge in [0.1, 0.15) is 0 Å². The fraction of sp³-hybridized carbons (Fsp3) is 1.00. The first-order valence-electron chi connectivity index (χ1n) is 10.4. The van der Waals surface area contributed by atoms with Gasteiger partial charge in [-0.15, -0.1) is 0 Å². The summed E-state index contributed by atoms with van der Waals surface area (Å²) in [6.07, 6.45) is 5.64. The van der Waals surface area contributed by atoms with Crippen LogP contribution in [0.1, 0.15) is 60.3 Å². The van der Waals surface area contributed by atoms with Crippen LogP contribution in [0.15, 0.2) is 0 Å². The Morgan fingerprint density at radius 3 is 2.12 bits per heavy atom. The quantitative estimate of drug-likeness (QED) is 0.666. The lowest BCUT2D eigenvalue weighted by atomic mass is 9.85. The molecule has 148 valence electrons. The molecule has 0 bridgehead atoms. The Bertz CT molecular complexity index is 377. The third kappa shape index (κ3) is 7.16. The van der Waals surface area contributed by atoms with E-state index in [1.807, 2.05) is 0 Å². The van der Waals surface area contributed by atoms with Crippen LogP contribution in [-0.4, -0.2) is 85.3 Å². The third-order valence-electron chi connectivity index (χ3n) is 5.81. The van der Waals surface area contributed by atoms with E-state index in [1.165, 1.54) is 51.9 Å². The molecule has 4 heteroatoms. The van der Waals surface area contributed by atoms with Gasteiger partial charge < -0.3 is 14.5 Å². The minimum absolute atomic E-state index is 0.00617. The van der Waals surface area contributed by atoms with Crippen LogP contribution in [0, 0.1) is 5.92 Å². The molecule has 0 radical (unpaired) electrons. The van der Waals surface area contributed by atoms with Crippen molar-refractivity contribution in [1.29, 1.82) is 0 Å². The zero-order chi connectivity index (χ0) is 18.6. The van der Waals surface area contributed by atoms with Gasteiger partial charge in [0, 0.05) is 31.7 Å². The van der Waals surface area contributed by atoms with Crippen LogP contribution in [0.25, 0.3) is 0 Å². The van der Waals surface area contributed by atoms with Crippen molar-refractivity contribution >= 4 is 0 Å². The molecule has 0 N–H and O–H groups in total. The molecule has 2 rings (SSSR count). The van der Waals surface area contributed by atoms with Crippen LogP contribution >= 0.6 is 0 Å². The molecule has 0 aromatic rings. The van der Waals surface area contributed by atoms with Gasteiger partial charge in [0.2, 0.25) is 0 Å². The summed E-state index contributed by atoms with van der Waals surface area (Å²) in [6, 6.07) is 1.43. The van der Waals surface area contributed by atoms with E-state index in [2.05, 4.69) is 63.4 Å². The molecule has 1 heterocycles. The first-order valence-corrected chi connectivity index (χ1v) is 10.4. The number of ether oxygens (including phenoxy) is 1. The number of hydrogen-bond donors (Lipinski definition) is 0. The molecule has 1 saturated carbocycles. The molecule has 25 heavy (non-hydrogen) atoms. The van der Waals surface area contributed by atoms with Crippen LogP contribution in [-0.2, 0) is 4.74 Å². The molecule has 2 aliphatic rings. The second-order valence-corrected chi connectivity index (χ2v) is 9.85. The predicted molar refractivity (Wildman–Crippen MR) is 107 cm³/mol. The largest absolute Gasteiger partial charge is 0.373 e. The number of likely N-dealkylation sites (N-methyl/N-ethyl adjacent to an activating group) is 1. The highest BCUT2D eigenvalue weighted by molar-refractivity contribution is 4.91. The Morgan fingerprint density at radius 2 is 1.64 bits per heavy atom. The maximum absolute atomic E-state index is 6.17. The van der Waals surface area contributed by atoms with E-state index in [4.69, 9.17) is 4.74 Å². The summed E-state index contributed by atoms with van der Waals surface area (Å²) in [5, 5.41) is 0. The van der Waals surface area contributed by atoms with Gasteiger partial charge in [-0.2, -0.15) is 0 Å². The number of piperidine rings is 1. The monoisotopic (exact) mass is 353 g/mol. The number of nitrogens with zero attached hydrogens (tertiary/aromatic N) is 3. The van der Waals surface area contributed by atoms with Gasteiger partial charge >= 0.3 is 0 Å². The highest BCUT2D eigenvalue weighted by Gasteiger charge is 2.37. The predicted octanol–water partition coefficient (Wildman–Crippen LogP) is 3.32. The number of hydrogen-bond acceptors (Lipinski definition) is 4. The van der Waals surface area contributed by atoms with Crippen LogP contribution in [0.5, 0.6) is 0 Å². The second-order valence-electron chi connectivity index (χ2n) is 9.85. The highest BCUT2D eigenvalue weighted by atomic mass is 16.5. The maximum atomic E-state index is 6.17. The normalized spacial score (nSPS) is 26.6. The fourth-order valence-corrected chi connectivity index (χ4v) is 4.17. The summed E-state index contributed by atoms with van der Waals surface area (Å²) >= 11 is 0. The molecule has 1 aliphatic carbocycles. The summed E-state index contributed by atoms with van der Waals surface area (Å²) in [5.74, 6) is 0.875. The second kappa shape index (κ2) is 9.16. The molecule has 4 nitrogen and oxygen atoms in total. The van der Waals surface area contributed by atoms with Gasteiger partial charge in [-0.1, -0.05) is 0 Å². The Hall–Kier alpha value is -0.160. The lowest BCUT2D eigenvalue weighted by molar-refractivity contribution is -0.122. The van der Waals surface area contributed by atoms with Crippen molar-refractivity contribution in [2.24, 2.45) is 5.92 Å². The summed E-state index contributed by atoms with van der Waals surface area (Å²) in [4.78, 5) is 7.73. The zero-order valence-corrected chi connectivity index (χ0v) is 17.9. The van der Waals surface area contributed by atoms with E-state index < -0.39 is 0 Å². The molecule has 0 unspecified atom stereocenters. The van der Waals surface area contributed by atoms with Crippen molar-refractivity contribution in [2.45, 2.75) is 84.1 Å². The third-order valence-corrected chi connectivity index (χ3v) is 5.81. The molecule has 0 atom stereocenters. The molecule has 0 spiro atoms. The Balaban J connectivity index is 1.81. The Labute approximate surface area is 156 Å². The van der Waals surface area contributed by atoms with E-state index >= 15 is 0 Å². The molecule has 1 aliphatic heterocycles. The number of rotatable bonds is 8. The molecule has 0 aromatic heterocycles. The molecule has 0 amide bonds. The van der Waals surface area contributed by atoms with E-state index in [0.29, 0.717) is 12.1 Å². The van der Waals surface area contributed by atoms with Gasteiger partial charge in [-0.3, -0.25) is 4.90 Å². The first kappa shape index (κ1) is 21.1. The zero-order valence-electron chi connectivity index (χ0n) is 17.9. The smallest absolute Gasteiger partial charge is 0.0612 e. The average molecular weight is 354 g/mol. The van der Waals surface area contributed by atoms with Crippen molar-refractivity contribution in [3.8, 4) is 0 Å². The highest BCUT2D eigenvalue weighted by Crippen LogP contribution is 2.33. The first-order chi connectivity index (χ1) is 11.6. The van der Waals surface area contributed by atoms with Crippen LogP contribution in [0.2, 0.25) is 0 Å². The van der Waals surface area contributed by atoms with Gasteiger partial charge in [-0.05, 0) is 93.4 Å². The Kier molecular flexibility index (Phi) is 7.75. The summed E-state index contributed by atoms with van der Waals surface area (Å²) in [7, 11) is 4.37. The van der Waals surface area contributed by atoms with Crippen LogP contribution < -0.4 is 0 Å². The lowest BCUT2D eigenvalue weighted by Gasteiger charge is -2.47. The van der Waals surface area contributed by atoms with Crippen molar-refractivity contribution in [2.75, 3.05) is 46.8 Å². The average Bonchev–Trinajstić information content (AvgIpc) is 2.46. The van der Waals surface area contributed by atoms with Crippen molar-refractivity contribution in [1.82, 2.24) is 14.7 Å². The number of likely N-dealkylation sites (tertiary alicyclic amines) is 1. The van der Waals surface area contributed by atoms with E-state index in [-0.39, 0.29) is 5.60 Å². The molecule has 1 saturated heterocycles. The van der Waals surface area contributed by atoms with E-state index in [0.717, 1.165) is 18.5 Å². The van der Waals surface area contributed by atoms with Crippen LogP contribution in [0.3, 0.4) is 0 Å². The van der Waals surface area contributed by atoms with Gasteiger partial charge in [0.05, 0.1) is 11.7 Å². The van der Waals surface area contributed by atoms with Crippen molar-refractivity contribution < 1.29 is 4.74 Å². The standard InChI is InChI=1S/C21H43N3O/c1-17(2)23-10-8-18(9-11-23)16-24(13-12-22(6)7)19-14-20(15-19)25-21(3,4)5/h17-20H,8-16H2,1-7H3. The minimum Gasteiger partial charge on any atom is -0.373 e. The van der Waals surface area contributed by atoms with Crippen molar-refractivity contribution in [3.05, 3.63) is 0 Å². The van der Waals surface area contributed by atoms with E-state index in [9.17, 15) is 0 Å². The topological polar surface area (TPSA) is 19.0 Å². The minimum atomic E-state index is -0.00617. The Morgan fingerprint density at radius 1 is 1.04 bits per heavy atom. The molecular weight excluding hydrogens is 310 g/mol. The maximum Gasteiger partial charge on any atom is 0.0612 e. The fourth-order valence-electron chi connectivity index (χ4n) is 4.17. The summed E-state index contributed by atoms with van der Waals surface area (Å²) in [5.41, 5.74) is -0.00617. The lowest BCUT2D eigenvalue weighted by Crippen LogP contribution is -2.53. The van der Waals surface area contributed by atoms with Gasteiger partial charge in [0.25, 0.3) is 0 Å².